The van der Waals surface area contributed by atoms with E-state index in [4.69, 9.17) is 6.57 Å². The van der Waals surface area contributed by atoms with E-state index in [0.29, 0.717) is 12.5 Å². The molecule has 0 radical (unpaired) electrons. The second-order valence-electron chi connectivity index (χ2n) is 3.16. The average molecular weight is 159 g/mol. The molecule has 0 aromatic heterocycles. The minimum atomic E-state index is 0.363. The Balaban J connectivity index is 2.82. The van der Waals surface area contributed by atoms with E-state index in [1.807, 2.05) is 6.07 Å². The highest BCUT2D eigenvalue weighted by molar-refractivity contribution is 5.25. The van der Waals surface area contributed by atoms with E-state index in [2.05, 4.69) is 36.9 Å². The number of aryl methyl sites for hydroxylation is 1. The van der Waals surface area contributed by atoms with Crippen molar-refractivity contribution in [2.75, 3.05) is 6.54 Å². The van der Waals surface area contributed by atoms with Crippen molar-refractivity contribution < 1.29 is 0 Å². The van der Waals surface area contributed by atoms with E-state index in [1.165, 1.54) is 11.1 Å². The van der Waals surface area contributed by atoms with Crippen LogP contribution < -0.4 is 0 Å². The number of nitrogens with zero attached hydrogens (tertiary/aromatic N) is 1. The molecular weight excluding hydrogens is 146 g/mol. The zero-order valence-electron chi connectivity index (χ0n) is 7.54. The molecule has 0 amide bonds. The predicted octanol–water partition coefficient (Wildman–Crippen LogP) is 3.02. The summed E-state index contributed by atoms with van der Waals surface area (Å²) in [6.45, 7) is 11.5. The fourth-order valence-corrected chi connectivity index (χ4v) is 1.22. The van der Waals surface area contributed by atoms with Gasteiger partial charge in [-0.1, -0.05) is 36.8 Å². The van der Waals surface area contributed by atoms with Crippen LogP contribution in [0.5, 0.6) is 0 Å². The molecule has 0 fully saturated rings. The third-order valence-electron chi connectivity index (χ3n) is 1.98. The van der Waals surface area contributed by atoms with Gasteiger partial charge < -0.3 is 4.85 Å². The van der Waals surface area contributed by atoms with Crippen molar-refractivity contribution in [3.63, 3.8) is 0 Å². The molecule has 1 atom stereocenters. The van der Waals surface area contributed by atoms with Crippen LogP contribution in [0.2, 0.25) is 0 Å². The van der Waals surface area contributed by atoms with Crippen LogP contribution in [0.3, 0.4) is 0 Å². The van der Waals surface area contributed by atoms with E-state index < -0.39 is 0 Å². The largest absolute Gasteiger partial charge is 0.316 e. The molecule has 1 unspecified atom stereocenters. The molecular formula is C11H13N. The first-order valence-corrected chi connectivity index (χ1v) is 4.14. The number of hydrogen-bond acceptors (Lipinski definition) is 0. The van der Waals surface area contributed by atoms with Gasteiger partial charge in [-0.15, -0.1) is 0 Å². The van der Waals surface area contributed by atoms with Gasteiger partial charge in [0, 0.05) is 0 Å². The quantitative estimate of drug-likeness (QED) is 0.584. The monoisotopic (exact) mass is 159 g/mol. The van der Waals surface area contributed by atoms with Gasteiger partial charge in [-0.2, -0.15) is 0 Å². The third kappa shape index (κ3) is 2.10. The van der Waals surface area contributed by atoms with E-state index in [9.17, 15) is 0 Å². The highest BCUT2D eigenvalue weighted by Gasteiger charge is 2.06. The minimum Gasteiger partial charge on any atom is -0.316 e. The molecule has 1 heteroatoms. The van der Waals surface area contributed by atoms with Gasteiger partial charge in [0.25, 0.3) is 0 Å². The first kappa shape index (κ1) is 8.80. The Morgan fingerprint density at radius 2 is 2.25 bits per heavy atom. The Hall–Kier alpha value is -1.29. The van der Waals surface area contributed by atoms with Crippen molar-refractivity contribution in [2.24, 2.45) is 0 Å². The van der Waals surface area contributed by atoms with E-state index in [0.717, 1.165) is 0 Å². The lowest BCUT2D eigenvalue weighted by atomic mass is 10.00. The molecule has 0 aliphatic rings. The van der Waals surface area contributed by atoms with Gasteiger partial charge in [0.15, 0.2) is 0 Å². The Morgan fingerprint density at radius 1 is 1.50 bits per heavy atom. The number of rotatable bonds is 2. The maximum absolute atomic E-state index is 6.76. The standard InChI is InChI=1S/C11H13N/c1-9-5-4-6-11(7-9)10(2)8-12-3/h4-7,10H,8H2,1-2H3. The molecule has 0 heterocycles. The SMILES string of the molecule is [C-]#[N+]CC(C)c1cccc(C)c1. The van der Waals surface area contributed by atoms with Crippen molar-refractivity contribution in [1.29, 1.82) is 0 Å². The molecule has 0 N–H and O–H groups in total. The highest BCUT2D eigenvalue weighted by Crippen LogP contribution is 2.16. The summed E-state index contributed by atoms with van der Waals surface area (Å²) in [7, 11) is 0. The second kappa shape index (κ2) is 3.92. The summed E-state index contributed by atoms with van der Waals surface area (Å²) in [6.07, 6.45) is 0. The van der Waals surface area contributed by atoms with Gasteiger partial charge >= 0.3 is 0 Å². The molecule has 0 spiro atoms. The Bertz CT molecular complexity index is 296. The van der Waals surface area contributed by atoms with Crippen LogP contribution in [0.25, 0.3) is 4.85 Å². The fraction of sp³-hybridized carbons (Fsp3) is 0.364. The van der Waals surface area contributed by atoms with Crippen LogP contribution in [0.1, 0.15) is 24.0 Å². The topological polar surface area (TPSA) is 4.36 Å². The van der Waals surface area contributed by atoms with Crippen LogP contribution >= 0.6 is 0 Å². The summed E-state index contributed by atoms with van der Waals surface area (Å²) in [5.41, 5.74) is 2.54. The first-order chi connectivity index (χ1) is 5.74. The molecule has 62 valence electrons. The number of benzene rings is 1. The van der Waals surface area contributed by atoms with E-state index in [1.54, 1.807) is 0 Å². The Morgan fingerprint density at radius 3 is 2.83 bits per heavy atom. The summed E-state index contributed by atoms with van der Waals surface area (Å²) >= 11 is 0. The smallest absolute Gasteiger partial charge is 0.221 e. The summed E-state index contributed by atoms with van der Waals surface area (Å²) in [6, 6.07) is 8.36. The first-order valence-electron chi connectivity index (χ1n) is 4.14. The van der Waals surface area contributed by atoms with Gasteiger partial charge in [-0.05, 0) is 12.5 Å². The average Bonchev–Trinajstić information content (AvgIpc) is 2.05. The van der Waals surface area contributed by atoms with Crippen molar-refractivity contribution in [3.05, 3.63) is 46.8 Å². The minimum absolute atomic E-state index is 0.363. The van der Waals surface area contributed by atoms with Crippen molar-refractivity contribution >= 4 is 0 Å². The molecule has 1 aromatic rings. The molecule has 1 nitrogen and oxygen atoms in total. The maximum atomic E-state index is 6.76. The van der Waals surface area contributed by atoms with Crippen molar-refractivity contribution in [1.82, 2.24) is 0 Å². The van der Waals surface area contributed by atoms with Gasteiger partial charge in [-0.25, -0.2) is 6.57 Å². The van der Waals surface area contributed by atoms with E-state index >= 15 is 0 Å². The molecule has 0 saturated carbocycles. The van der Waals surface area contributed by atoms with Gasteiger partial charge in [-0.3, -0.25) is 0 Å². The molecule has 12 heavy (non-hydrogen) atoms. The third-order valence-corrected chi connectivity index (χ3v) is 1.98. The molecule has 0 bridgehead atoms. The number of hydrogen-bond donors (Lipinski definition) is 0. The highest BCUT2D eigenvalue weighted by atomic mass is 14.6. The second-order valence-corrected chi connectivity index (χ2v) is 3.16. The van der Waals surface area contributed by atoms with Gasteiger partial charge in [0.1, 0.15) is 0 Å². The lowest BCUT2D eigenvalue weighted by molar-refractivity contribution is 0.832. The Kier molecular flexibility index (Phi) is 2.88. The van der Waals surface area contributed by atoms with E-state index in [-0.39, 0.29) is 0 Å². The van der Waals surface area contributed by atoms with Gasteiger partial charge in [0.2, 0.25) is 6.54 Å². The summed E-state index contributed by atoms with van der Waals surface area (Å²) < 4.78 is 0. The molecule has 0 aliphatic heterocycles. The molecule has 1 aromatic carbocycles. The normalized spacial score (nSPS) is 12.1. The van der Waals surface area contributed by atoms with Crippen LogP contribution in [0.15, 0.2) is 24.3 Å². The van der Waals surface area contributed by atoms with Crippen molar-refractivity contribution in [3.8, 4) is 0 Å². The van der Waals surface area contributed by atoms with Crippen LogP contribution in [0, 0.1) is 13.5 Å². The van der Waals surface area contributed by atoms with Crippen molar-refractivity contribution in [2.45, 2.75) is 19.8 Å². The van der Waals surface area contributed by atoms with Crippen LogP contribution in [-0.4, -0.2) is 6.54 Å². The molecule has 0 saturated heterocycles. The summed E-state index contributed by atoms with van der Waals surface area (Å²) in [4.78, 5) is 3.39. The maximum Gasteiger partial charge on any atom is 0.221 e. The fourth-order valence-electron chi connectivity index (χ4n) is 1.22. The molecule has 1 rings (SSSR count). The van der Waals surface area contributed by atoms with Crippen LogP contribution in [-0.2, 0) is 0 Å². The predicted molar refractivity (Wildman–Crippen MR) is 51.1 cm³/mol. The summed E-state index contributed by atoms with van der Waals surface area (Å²) in [5, 5.41) is 0. The molecule has 0 aliphatic carbocycles. The zero-order chi connectivity index (χ0) is 8.97. The summed E-state index contributed by atoms with van der Waals surface area (Å²) in [5.74, 6) is 0.363. The van der Waals surface area contributed by atoms with Gasteiger partial charge in [0.05, 0.1) is 5.92 Å². The lowest BCUT2D eigenvalue weighted by Gasteiger charge is -2.05. The Labute approximate surface area is 73.9 Å². The lowest BCUT2D eigenvalue weighted by Crippen LogP contribution is -1.95. The zero-order valence-corrected chi connectivity index (χ0v) is 7.54. The van der Waals surface area contributed by atoms with Crippen LogP contribution in [0.4, 0.5) is 0 Å².